The molecular weight excluding hydrogens is 290 g/mol. The molecule has 0 N–H and O–H groups in total. The molecule has 21 heavy (non-hydrogen) atoms. The minimum atomic E-state index is -3.50. The van der Waals surface area contributed by atoms with E-state index in [1.54, 1.807) is 13.8 Å². The Balaban J connectivity index is 2.76. The highest BCUT2D eigenvalue weighted by atomic mass is 32.2. The Morgan fingerprint density at radius 2 is 1.86 bits per heavy atom. The number of likely N-dealkylation sites (N-methyl/N-ethyl adjacent to an activating group) is 1. The molecule has 0 radical (unpaired) electrons. The molecule has 0 fully saturated rings. The number of ether oxygens (including phenoxy) is 1. The van der Waals surface area contributed by atoms with Gasteiger partial charge < -0.3 is 4.74 Å². The number of sulfonamides is 1. The van der Waals surface area contributed by atoms with Crippen LogP contribution in [-0.4, -0.2) is 44.1 Å². The number of benzene rings is 1. The van der Waals surface area contributed by atoms with Crippen molar-refractivity contribution < 1.29 is 17.9 Å². The fraction of sp³-hybridized carbons (Fsp3) is 0.533. The maximum atomic E-state index is 12.4. The van der Waals surface area contributed by atoms with Gasteiger partial charge in [0.15, 0.2) is 0 Å². The van der Waals surface area contributed by atoms with Gasteiger partial charge in [0.2, 0.25) is 10.0 Å². The molecule has 0 aliphatic carbocycles. The van der Waals surface area contributed by atoms with Gasteiger partial charge in [-0.2, -0.15) is 4.31 Å². The summed E-state index contributed by atoms with van der Waals surface area (Å²) in [5, 5.41) is 0. The summed E-state index contributed by atoms with van der Waals surface area (Å²) >= 11 is 0. The Labute approximate surface area is 127 Å². The van der Waals surface area contributed by atoms with Gasteiger partial charge in [-0.05, 0) is 18.4 Å². The van der Waals surface area contributed by atoms with Crippen LogP contribution in [0, 0.1) is 0 Å². The summed E-state index contributed by atoms with van der Waals surface area (Å²) in [7, 11) is -3.50. The van der Waals surface area contributed by atoms with Crippen molar-refractivity contribution in [2.45, 2.75) is 26.7 Å². The number of hydrogen-bond acceptors (Lipinski definition) is 4. The predicted molar refractivity (Wildman–Crippen MR) is 82.5 cm³/mol. The zero-order chi connectivity index (χ0) is 15.9. The van der Waals surface area contributed by atoms with E-state index in [-0.39, 0.29) is 31.4 Å². The summed E-state index contributed by atoms with van der Waals surface area (Å²) in [5.74, 6) is -0.674. The van der Waals surface area contributed by atoms with E-state index < -0.39 is 16.0 Å². The largest absolute Gasteiger partial charge is 0.465 e. The highest BCUT2D eigenvalue weighted by molar-refractivity contribution is 7.89. The van der Waals surface area contributed by atoms with Crippen LogP contribution in [0.5, 0.6) is 0 Å². The Hall–Kier alpha value is -1.40. The third kappa shape index (κ3) is 5.47. The normalized spacial score (nSPS) is 13.1. The van der Waals surface area contributed by atoms with Gasteiger partial charge in [0, 0.05) is 6.54 Å². The quantitative estimate of drug-likeness (QED) is 0.689. The molecule has 0 aliphatic heterocycles. The molecular formula is C15H23NO4S. The molecule has 0 amide bonds. The fourth-order valence-corrected chi connectivity index (χ4v) is 3.79. The van der Waals surface area contributed by atoms with Crippen molar-refractivity contribution in [3.8, 4) is 0 Å². The van der Waals surface area contributed by atoms with E-state index in [0.717, 1.165) is 5.56 Å². The average Bonchev–Trinajstić information content (AvgIpc) is 2.45. The number of esters is 1. The second-order valence-electron chi connectivity index (χ2n) is 4.82. The first kappa shape index (κ1) is 17.7. The lowest BCUT2D eigenvalue weighted by molar-refractivity contribution is -0.143. The number of rotatable bonds is 8. The van der Waals surface area contributed by atoms with Crippen molar-refractivity contribution in [1.82, 2.24) is 4.31 Å². The van der Waals surface area contributed by atoms with E-state index in [9.17, 15) is 13.2 Å². The molecule has 6 heteroatoms. The summed E-state index contributed by atoms with van der Waals surface area (Å²) in [5.41, 5.74) is 0.966. The zero-order valence-corrected chi connectivity index (χ0v) is 13.6. The highest BCUT2D eigenvalue weighted by Gasteiger charge is 2.26. The van der Waals surface area contributed by atoms with Crippen molar-refractivity contribution >= 4 is 16.0 Å². The Morgan fingerprint density at radius 1 is 1.24 bits per heavy atom. The van der Waals surface area contributed by atoms with E-state index >= 15 is 0 Å². The maximum Gasteiger partial charge on any atom is 0.321 e. The molecule has 0 aliphatic rings. The molecule has 0 saturated carbocycles. The van der Waals surface area contributed by atoms with Gasteiger partial charge in [0.25, 0.3) is 0 Å². The number of nitrogens with zero attached hydrogens (tertiary/aromatic N) is 1. The summed E-state index contributed by atoms with van der Waals surface area (Å²) in [6.07, 6.45) is 0. The molecule has 0 bridgehead atoms. The summed E-state index contributed by atoms with van der Waals surface area (Å²) in [6, 6.07) is 9.47. The van der Waals surface area contributed by atoms with Crippen LogP contribution >= 0.6 is 0 Å². The fourth-order valence-electron chi connectivity index (χ4n) is 2.06. The lowest BCUT2D eigenvalue weighted by atomic mass is 10.0. The minimum absolute atomic E-state index is 0.0236. The van der Waals surface area contributed by atoms with Gasteiger partial charge in [-0.1, -0.05) is 44.2 Å². The second-order valence-corrected chi connectivity index (χ2v) is 6.84. The van der Waals surface area contributed by atoms with Crippen LogP contribution in [0.1, 0.15) is 32.3 Å². The van der Waals surface area contributed by atoms with Crippen molar-refractivity contribution in [2.24, 2.45) is 0 Å². The predicted octanol–water partition coefficient (Wildman–Crippen LogP) is 2.00. The Kier molecular flexibility index (Phi) is 6.84. The first-order chi connectivity index (χ1) is 9.90. The van der Waals surface area contributed by atoms with Crippen LogP contribution in [0.4, 0.5) is 0 Å². The van der Waals surface area contributed by atoms with E-state index in [1.165, 1.54) is 4.31 Å². The number of carbonyl (C=O) groups excluding carboxylic acids is 1. The van der Waals surface area contributed by atoms with E-state index in [4.69, 9.17) is 4.74 Å². The number of hydrogen-bond donors (Lipinski definition) is 0. The average molecular weight is 313 g/mol. The van der Waals surface area contributed by atoms with Gasteiger partial charge in [0.05, 0.1) is 12.4 Å². The van der Waals surface area contributed by atoms with Crippen LogP contribution in [0.25, 0.3) is 0 Å². The molecule has 1 aromatic rings. The molecule has 1 aromatic carbocycles. The van der Waals surface area contributed by atoms with Crippen molar-refractivity contribution in [2.75, 3.05) is 25.4 Å². The van der Waals surface area contributed by atoms with Crippen molar-refractivity contribution in [3.63, 3.8) is 0 Å². The third-order valence-electron chi connectivity index (χ3n) is 3.19. The zero-order valence-electron chi connectivity index (χ0n) is 12.8. The molecule has 5 nitrogen and oxygen atoms in total. The van der Waals surface area contributed by atoms with E-state index in [2.05, 4.69) is 0 Å². The lowest BCUT2D eigenvalue weighted by Crippen LogP contribution is -2.38. The van der Waals surface area contributed by atoms with Gasteiger partial charge in [-0.3, -0.25) is 4.79 Å². The van der Waals surface area contributed by atoms with Crippen LogP contribution in [0.2, 0.25) is 0 Å². The van der Waals surface area contributed by atoms with Gasteiger partial charge >= 0.3 is 5.97 Å². The van der Waals surface area contributed by atoms with Crippen molar-refractivity contribution in [3.05, 3.63) is 35.9 Å². The first-order valence-corrected chi connectivity index (χ1v) is 8.70. The molecule has 0 aromatic heterocycles. The van der Waals surface area contributed by atoms with Crippen LogP contribution in [-0.2, 0) is 19.6 Å². The summed E-state index contributed by atoms with van der Waals surface area (Å²) in [6.45, 7) is 5.54. The van der Waals surface area contributed by atoms with E-state index in [1.807, 2.05) is 37.3 Å². The SMILES string of the molecule is CCOC(=O)CN(CC)S(=O)(=O)CC(C)c1ccccc1. The highest BCUT2D eigenvalue weighted by Crippen LogP contribution is 2.18. The smallest absolute Gasteiger partial charge is 0.321 e. The van der Waals surface area contributed by atoms with E-state index in [0.29, 0.717) is 0 Å². The summed E-state index contributed by atoms with van der Waals surface area (Å²) < 4.78 is 30.8. The standard InChI is InChI=1S/C15H23NO4S/c1-4-16(11-15(17)20-5-2)21(18,19)12-13(3)14-9-7-6-8-10-14/h6-10,13H,4-5,11-12H2,1-3H3. The molecule has 118 valence electrons. The molecule has 1 unspecified atom stereocenters. The van der Waals surface area contributed by atoms with Gasteiger partial charge in [-0.25, -0.2) is 8.42 Å². The van der Waals surface area contributed by atoms with Gasteiger partial charge in [0.1, 0.15) is 6.54 Å². The molecule has 0 heterocycles. The van der Waals surface area contributed by atoms with Gasteiger partial charge in [-0.15, -0.1) is 0 Å². The van der Waals surface area contributed by atoms with Crippen LogP contribution in [0.3, 0.4) is 0 Å². The molecule has 1 atom stereocenters. The minimum Gasteiger partial charge on any atom is -0.465 e. The van der Waals surface area contributed by atoms with Crippen molar-refractivity contribution in [1.29, 1.82) is 0 Å². The molecule has 1 rings (SSSR count). The summed E-state index contributed by atoms with van der Waals surface area (Å²) in [4.78, 5) is 11.5. The molecule has 0 saturated heterocycles. The van der Waals surface area contributed by atoms with Crippen LogP contribution < -0.4 is 0 Å². The monoisotopic (exact) mass is 313 g/mol. The topological polar surface area (TPSA) is 63.7 Å². The lowest BCUT2D eigenvalue weighted by Gasteiger charge is -2.22. The Morgan fingerprint density at radius 3 is 2.38 bits per heavy atom. The maximum absolute atomic E-state index is 12.4. The van der Waals surface area contributed by atoms with Crippen LogP contribution in [0.15, 0.2) is 30.3 Å². The third-order valence-corrected chi connectivity index (χ3v) is 5.28. The first-order valence-electron chi connectivity index (χ1n) is 7.09. The molecule has 0 spiro atoms. The Bertz CT molecular complexity index is 542. The second kappa shape index (κ2) is 8.14. The number of carbonyl (C=O) groups is 1.